The number of fused-ring (bicyclic) bond motifs is 1. The Balaban J connectivity index is 1.76. The molecule has 7 heteroatoms. The van der Waals surface area contributed by atoms with E-state index < -0.39 is 5.92 Å². The molecule has 1 heterocycles. The first-order chi connectivity index (χ1) is 16.8. The average Bonchev–Trinajstić information content (AvgIpc) is 3.16. The molecule has 1 aliphatic heterocycles. The molecule has 3 aromatic rings. The lowest BCUT2D eigenvalue weighted by atomic mass is 9.89. The van der Waals surface area contributed by atoms with E-state index in [4.69, 9.17) is 16.6 Å². The number of nitrogens with one attached hydrogen (secondary N) is 2. The van der Waals surface area contributed by atoms with Crippen molar-refractivity contribution in [1.29, 1.82) is 0 Å². The van der Waals surface area contributed by atoms with Gasteiger partial charge < -0.3 is 15.5 Å². The topological polar surface area (TPSA) is 73.8 Å². The number of halogens is 1. The molecule has 0 spiro atoms. The smallest absolute Gasteiger partial charge is 0.238 e. The molecule has 2 N–H and O–H groups in total. The van der Waals surface area contributed by atoms with Gasteiger partial charge in [-0.05, 0) is 73.1 Å². The summed E-state index contributed by atoms with van der Waals surface area (Å²) in [6.45, 7) is 0.837. The van der Waals surface area contributed by atoms with Crippen molar-refractivity contribution in [3.05, 3.63) is 94.0 Å². The van der Waals surface area contributed by atoms with Crippen LogP contribution >= 0.6 is 11.6 Å². The maximum absolute atomic E-state index is 13.2. The third-order valence-corrected chi connectivity index (χ3v) is 6.18. The number of aliphatic imine (C=N–C) groups is 1. The molecule has 0 saturated heterocycles. The summed E-state index contributed by atoms with van der Waals surface area (Å²) in [5, 5.41) is 6.18. The maximum atomic E-state index is 13.2. The molecule has 35 heavy (non-hydrogen) atoms. The summed E-state index contributed by atoms with van der Waals surface area (Å²) in [5.41, 5.74) is 6.02. The molecule has 0 radical (unpaired) electrons. The number of amides is 2. The molecule has 0 aromatic heterocycles. The Kier molecular flexibility index (Phi) is 7.63. The van der Waals surface area contributed by atoms with E-state index in [9.17, 15) is 9.59 Å². The minimum atomic E-state index is -0.571. The van der Waals surface area contributed by atoms with Gasteiger partial charge in [-0.15, -0.1) is 0 Å². The standard InChI is InChI=1S/C28H29ClN4O2/c1-30-25(34)14-9-18-5-4-6-20(15-18)27(31-22-11-7-19(8-12-22)17-33(2)3)26-23-13-10-21(29)16-24(23)32-28(26)35/h4-8,10-13,15-16,26H,9,14,17H2,1-3H3,(H,30,34)(H,32,35). The summed E-state index contributed by atoms with van der Waals surface area (Å²) in [4.78, 5) is 32.0. The van der Waals surface area contributed by atoms with E-state index in [-0.39, 0.29) is 11.8 Å². The molecular weight excluding hydrogens is 460 g/mol. The van der Waals surface area contributed by atoms with Crippen LogP contribution in [0.4, 0.5) is 11.4 Å². The minimum absolute atomic E-state index is 0.0110. The van der Waals surface area contributed by atoms with Gasteiger partial charge in [0.1, 0.15) is 5.92 Å². The number of hydrogen-bond acceptors (Lipinski definition) is 4. The second-order valence-corrected chi connectivity index (χ2v) is 9.37. The summed E-state index contributed by atoms with van der Waals surface area (Å²) in [7, 11) is 5.70. The van der Waals surface area contributed by atoms with Gasteiger partial charge in [0.2, 0.25) is 11.8 Å². The van der Waals surface area contributed by atoms with Gasteiger partial charge >= 0.3 is 0 Å². The molecule has 180 valence electrons. The third kappa shape index (κ3) is 5.96. The Morgan fingerprint density at radius 2 is 1.83 bits per heavy atom. The molecule has 1 unspecified atom stereocenters. The molecule has 1 atom stereocenters. The van der Waals surface area contributed by atoms with Crippen molar-refractivity contribution in [2.45, 2.75) is 25.3 Å². The van der Waals surface area contributed by atoms with Gasteiger partial charge in [0.05, 0.1) is 11.4 Å². The molecule has 4 rings (SSSR count). The van der Waals surface area contributed by atoms with Crippen LogP contribution in [0.5, 0.6) is 0 Å². The molecule has 1 aliphatic rings. The Morgan fingerprint density at radius 1 is 1.06 bits per heavy atom. The molecule has 0 bridgehead atoms. The summed E-state index contributed by atoms with van der Waals surface area (Å²) in [6, 6.07) is 21.4. The van der Waals surface area contributed by atoms with E-state index in [0.29, 0.717) is 29.3 Å². The third-order valence-electron chi connectivity index (χ3n) is 5.95. The van der Waals surface area contributed by atoms with Crippen LogP contribution in [0.3, 0.4) is 0 Å². The van der Waals surface area contributed by atoms with Crippen molar-refractivity contribution in [2.75, 3.05) is 26.5 Å². The Labute approximate surface area is 211 Å². The zero-order valence-electron chi connectivity index (χ0n) is 20.1. The maximum Gasteiger partial charge on any atom is 0.238 e. The highest BCUT2D eigenvalue weighted by molar-refractivity contribution is 6.31. The first-order valence-electron chi connectivity index (χ1n) is 11.6. The molecule has 3 aromatic carbocycles. The zero-order valence-corrected chi connectivity index (χ0v) is 20.9. The fourth-order valence-electron chi connectivity index (χ4n) is 4.25. The van der Waals surface area contributed by atoms with Crippen LogP contribution in [-0.4, -0.2) is 43.6 Å². The fourth-order valence-corrected chi connectivity index (χ4v) is 4.42. The molecule has 0 saturated carbocycles. The zero-order chi connectivity index (χ0) is 24.9. The van der Waals surface area contributed by atoms with Gasteiger partial charge in [-0.1, -0.05) is 48.0 Å². The fraction of sp³-hybridized carbons (Fsp3) is 0.250. The highest BCUT2D eigenvalue weighted by atomic mass is 35.5. The summed E-state index contributed by atoms with van der Waals surface area (Å²) < 4.78 is 0. The van der Waals surface area contributed by atoms with E-state index in [2.05, 4.69) is 27.7 Å². The normalized spacial score (nSPS) is 15.2. The Morgan fingerprint density at radius 3 is 2.54 bits per heavy atom. The monoisotopic (exact) mass is 488 g/mol. The number of hydrogen-bond donors (Lipinski definition) is 2. The van der Waals surface area contributed by atoms with Gasteiger partial charge in [0.25, 0.3) is 0 Å². The largest absolute Gasteiger partial charge is 0.359 e. The van der Waals surface area contributed by atoms with E-state index >= 15 is 0 Å². The van der Waals surface area contributed by atoms with Gasteiger partial charge in [-0.2, -0.15) is 0 Å². The van der Waals surface area contributed by atoms with E-state index in [1.807, 2.05) is 56.6 Å². The molecule has 0 aliphatic carbocycles. The predicted molar refractivity (Wildman–Crippen MR) is 142 cm³/mol. The SMILES string of the molecule is CNC(=O)CCc1cccc(C(=Nc2ccc(CN(C)C)cc2)C2C(=O)Nc3cc(Cl)ccc32)c1. The molecular formula is C28H29ClN4O2. The molecule has 0 fully saturated rings. The number of benzene rings is 3. The first kappa shape index (κ1) is 24.6. The number of nitrogens with zero attached hydrogens (tertiary/aromatic N) is 2. The highest BCUT2D eigenvalue weighted by Crippen LogP contribution is 2.38. The van der Waals surface area contributed by atoms with Crippen molar-refractivity contribution in [1.82, 2.24) is 10.2 Å². The van der Waals surface area contributed by atoms with Crippen LogP contribution in [0.1, 0.15) is 34.6 Å². The molecule has 2 amide bonds. The quantitative estimate of drug-likeness (QED) is 0.441. The second kappa shape index (κ2) is 10.8. The first-order valence-corrected chi connectivity index (χ1v) is 11.9. The number of aryl methyl sites for hydroxylation is 1. The van der Waals surface area contributed by atoms with Crippen LogP contribution in [-0.2, 0) is 22.6 Å². The second-order valence-electron chi connectivity index (χ2n) is 8.93. The van der Waals surface area contributed by atoms with E-state index in [0.717, 1.165) is 28.9 Å². The number of anilines is 1. The average molecular weight is 489 g/mol. The predicted octanol–water partition coefficient (Wildman–Crippen LogP) is 4.94. The van der Waals surface area contributed by atoms with Crippen molar-refractivity contribution in [3.8, 4) is 0 Å². The Hall–Kier alpha value is -3.48. The minimum Gasteiger partial charge on any atom is -0.359 e. The van der Waals surface area contributed by atoms with Crippen molar-refractivity contribution in [2.24, 2.45) is 4.99 Å². The van der Waals surface area contributed by atoms with E-state index in [1.54, 1.807) is 19.2 Å². The number of rotatable bonds is 8. The van der Waals surface area contributed by atoms with Gasteiger partial charge in [0.15, 0.2) is 0 Å². The highest BCUT2D eigenvalue weighted by Gasteiger charge is 2.35. The van der Waals surface area contributed by atoms with Crippen LogP contribution in [0.25, 0.3) is 0 Å². The summed E-state index contributed by atoms with van der Waals surface area (Å²) >= 11 is 6.17. The summed E-state index contributed by atoms with van der Waals surface area (Å²) in [5.74, 6) is -0.720. The lowest BCUT2D eigenvalue weighted by molar-refractivity contribution is -0.120. The van der Waals surface area contributed by atoms with Crippen molar-refractivity contribution < 1.29 is 9.59 Å². The Bertz CT molecular complexity index is 1270. The lowest BCUT2D eigenvalue weighted by Crippen LogP contribution is -2.22. The van der Waals surface area contributed by atoms with Crippen LogP contribution in [0.15, 0.2) is 71.7 Å². The lowest BCUT2D eigenvalue weighted by Gasteiger charge is -2.15. The van der Waals surface area contributed by atoms with Gasteiger partial charge in [-0.25, -0.2) is 0 Å². The van der Waals surface area contributed by atoms with Crippen molar-refractivity contribution >= 4 is 40.5 Å². The van der Waals surface area contributed by atoms with Gasteiger partial charge in [-0.3, -0.25) is 14.6 Å². The van der Waals surface area contributed by atoms with Gasteiger partial charge in [0, 0.05) is 30.7 Å². The number of carbonyl (C=O) groups is 2. The van der Waals surface area contributed by atoms with Crippen LogP contribution in [0, 0.1) is 0 Å². The molecule has 6 nitrogen and oxygen atoms in total. The summed E-state index contributed by atoms with van der Waals surface area (Å²) in [6.07, 6.45) is 0.994. The van der Waals surface area contributed by atoms with Crippen LogP contribution < -0.4 is 10.6 Å². The van der Waals surface area contributed by atoms with Crippen molar-refractivity contribution in [3.63, 3.8) is 0 Å². The van der Waals surface area contributed by atoms with E-state index in [1.165, 1.54) is 5.56 Å². The van der Waals surface area contributed by atoms with Crippen LogP contribution in [0.2, 0.25) is 5.02 Å². The number of carbonyl (C=O) groups excluding carboxylic acids is 2.